The molecule has 0 aliphatic rings. The highest BCUT2D eigenvalue weighted by molar-refractivity contribution is 5.95. The second-order valence-electron chi connectivity index (χ2n) is 7.06. The van der Waals surface area contributed by atoms with Gasteiger partial charge in [0.05, 0.1) is 5.69 Å². The highest BCUT2D eigenvalue weighted by Gasteiger charge is 2.17. The number of rotatable bonds is 5. The summed E-state index contributed by atoms with van der Waals surface area (Å²) < 4.78 is 24.8. The molecule has 2 aromatic carbocycles. The van der Waals surface area contributed by atoms with E-state index in [1.54, 1.807) is 24.3 Å². The second kappa shape index (κ2) is 8.39. The molecule has 0 aliphatic heterocycles. The SMILES string of the molecule is Cc1ccc2c(COC(=O)c3cccnc3Nc3ccccc3F)cc(=O)oc2c1C. The minimum Gasteiger partial charge on any atom is -0.457 e. The van der Waals surface area contributed by atoms with Gasteiger partial charge in [0.25, 0.3) is 0 Å². The molecule has 0 unspecified atom stereocenters. The fourth-order valence-corrected chi connectivity index (χ4v) is 3.22. The monoisotopic (exact) mass is 418 g/mol. The van der Waals surface area contributed by atoms with E-state index in [0.29, 0.717) is 16.5 Å². The Hall–Kier alpha value is -4.00. The van der Waals surface area contributed by atoms with Crippen molar-refractivity contribution in [3.63, 3.8) is 0 Å². The fourth-order valence-electron chi connectivity index (χ4n) is 3.22. The molecular weight excluding hydrogens is 399 g/mol. The number of carbonyl (C=O) groups is 1. The first kappa shape index (κ1) is 20.3. The number of anilines is 2. The molecule has 7 heteroatoms. The summed E-state index contributed by atoms with van der Waals surface area (Å²) >= 11 is 0. The van der Waals surface area contributed by atoms with Gasteiger partial charge in [0, 0.05) is 23.2 Å². The molecule has 0 radical (unpaired) electrons. The van der Waals surface area contributed by atoms with Gasteiger partial charge in [-0.1, -0.05) is 24.3 Å². The highest BCUT2D eigenvalue weighted by Crippen LogP contribution is 2.25. The topological polar surface area (TPSA) is 81.4 Å². The standard InChI is InChI=1S/C24H19FN2O4/c1-14-9-10-17-16(12-21(28)31-22(17)15(14)2)13-30-24(29)18-6-5-11-26-23(18)27-20-8-4-3-7-19(20)25/h3-12H,13H2,1-2H3,(H,26,27). The summed E-state index contributed by atoms with van der Waals surface area (Å²) in [5.41, 5.74) is 2.67. The van der Waals surface area contributed by atoms with Gasteiger partial charge in [-0.05, 0) is 49.2 Å². The van der Waals surface area contributed by atoms with Gasteiger partial charge in [-0.25, -0.2) is 19.0 Å². The van der Waals surface area contributed by atoms with Gasteiger partial charge in [0.1, 0.15) is 29.4 Å². The average Bonchev–Trinajstić information content (AvgIpc) is 2.76. The molecule has 0 aliphatic carbocycles. The second-order valence-corrected chi connectivity index (χ2v) is 7.06. The molecule has 4 rings (SSSR count). The predicted octanol–water partition coefficient (Wildman–Crippen LogP) is 5.04. The van der Waals surface area contributed by atoms with Crippen molar-refractivity contribution in [2.24, 2.45) is 0 Å². The van der Waals surface area contributed by atoms with E-state index < -0.39 is 17.4 Å². The van der Waals surface area contributed by atoms with Crippen molar-refractivity contribution in [2.75, 3.05) is 5.32 Å². The number of benzene rings is 2. The molecule has 1 N–H and O–H groups in total. The normalized spacial score (nSPS) is 10.8. The molecule has 2 heterocycles. The zero-order valence-electron chi connectivity index (χ0n) is 16.9. The Morgan fingerprint density at radius 3 is 2.74 bits per heavy atom. The maximum atomic E-state index is 14.0. The number of nitrogens with one attached hydrogen (secondary N) is 1. The summed E-state index contributed by atoms with van der Waals surface area (Å²) in [4.78, 5) is 28.9. The number of nitrogens with zero attached hydrogens (tertiary/aromatic N) is 1. The summed E-state index contributed by atoms with van der Waals surface area (Å²) in [7, 11) is 0. The highest BCUT2D eigenvalue weighted by atomic mass is 19.1. The first-order valence-electron chi connectivity index (χ1n) is 9.60. The molecule has 4 aromatic rings. The quantitative estimate of drug-likeness (QED) is 0.361. The number of aromatic nitrogens is 1. The number of ether oxygens (including phenoxy) is 1. The molecule has 0 saturated carbocycles. The number of halogens is 1. The number of esters is 1. The minimum absolute atomic E-state index is 0.128. The Kier molecular flexibility index (Phi) is 5.49. The van der Waals surface area contributed by atoms with Gasteiger partial charge < -0.3 is 14.5 Å². The lowest BCUT2D eigenvalue weighted by Crippen LogP contribution is -2.11. The molecule has 0 bridgehead atoms. The molecule has 0 atom stereocenters. The molecule has 156 valence electrons. The lowest BCUT2D eigenvalue weighted by Gasteiger charge is -2.12. The number of aryl methyl sites for hydroxylation is 2. The molecule has 6 nitrogen and oxygen atoms in total. The van der Waals surface area contributed by atoms with Crippen LogP contribution in [-0.2, 0) is 11.3 Å². The zero-order chi connectivity index (χ0) is 22.0. The maximum Gasteiger partial charge on any atom is 0.342 e. The van der Waals surface area contributed by atoms with E-state index in [9.17, 15) is 14.0 Å². The molecule has 2 aromatic heterocycles. The first-order chi connectivity index (χ1) is 14.9. The molecular formula is C24H19FN2O4. The summed E-state index contributed by atoms with van der Waals surface area (Å²) in [6, 6.07) is 14.3. The fraction of sp³-hybridized carbons (Fsp3) is 0.125. The van der Waals surface area contributed by atoms with Crippen LogP contribution in [0.3, 0.4) is 0 Å². The van der Waals surface area contributed by atoms with Gasteiger partial charge >= 0.3 is 11.6 Å². The van der Waals surface area contributed by atoms with Crippen LogP contribution in [-0.4, -0.2) is 11.0 Å². The van der Waals surface area contributed by atoms with Crippen molar-refractivity contribution in [3.05, 3.63) is 99.3 Å². The van der Waals surface area contributed by atoms with Crippen LogP contribution >= 0.6 is 0 Å². The largest absolute Gasteiger partial charge is 0.457 e. The molecule has 0 fully saturated rings. The van der Waals surface area contributed by atoms with Crippen LogP contribution in [0.2, 0.25) is 0 Å². The Morgan fingerprint density at radius 1 is 1.13 bits per heavy atom. The Balaban J connectivity index is 1.60. The maximum absolute atomic E-state index is 14.0. The van der Waals surface area contributed by atoms with E-state index in [-0.39, 0.29) is 23.7 Å². The summed E-state index contributed by atoms with van der Waals surface area (Å²) in [5, 5.41) is 3.52. The number of fused-ring (bicyclic) bond motifs is 1. The number of hydrogen-bond donors (Lipinski definition) is 1. The summed E-state index contributed by atoms with van der Waals surface area (Å²) in [5.74, 6) is -0.959. The lowest BCUT2D eigenvalue weighted by molar-refractivity contribution is 0.0474. The van der Waals surface area contributed by atoms with Crippen LogP contribution in [0, 0.1) is 19.7 Å². The van der Waals surface area contributed by atoms with Gasteiger partial charge in [-0.15, -0.1) is 0 Å². The number of pyridine rings is 1. The van der Waals surface area contributed by atoms with Crippen molar-refractivity contribution in [3.8, 4) is 0 Å². The van der Waals surface area contributed by atoms with Crippen LogP contribution in [0.15, 0.2) is 70.0 Å². The van der Waals surface area contributed by atoms with Gasteiger partial charge in [0.15, 0.2) is 0 Å². The summed E-state index contributed by atoms with van der Waals surface area (Å²) in [6.45, 7) is 3.66. The Bertz CT molecular complexity index is 1350. The van der Waals surface area contributed by atoms with E-state index in [1.165, 1.54) is 24.4 Å². The van der Waals surface area contributed by atoms with E-state index in [4.69, 9.17) is 9.15 Å². The third-order valence-corrected chi connectivity index (χ3v) is 5.03. The van der Waals surface area contributed by atoms with Crippen molar-refractivity contribution in [1.29, 1.82) is 0 Å². The van der Waals surface area contributed by atoms with Crippen molar-refractivity contribution >= 4 is 28.4 Å². The van der Waals surface area contributed by atoms with E-state index in [2.05, 4.69) is 10.3 Å². The average molecular weight is 418 g/mol. The number of hydrogen-bond acceptors (Lipinski definition) is 6. The molecule has 0 saturated heterocycles. The van der Waals surface area contributed by atoms with Gasteiger partial charge in [-0.3, -0.25) is 0 Å². The van der Waals surface area contributed by atoms with Crippen molar-refractivity contribution < 1.29 is 18.3 Å². The first-order valence-corrected chi connectivity index (χ1v) is 9.60. The molecule has 0 spiro atoms. The molecule has 0 amide bonds. The number of para-hydroxylation sites is 1. The zero-order valence-corrected chi connectivity index (χ0v) is 16.9. The van der Waals surface area contributed by atoms with Crippen LogP contribution < -0.4 is 10.9 Å². The van der Waals surface area contributed by atoms with Gasteiger partial charge in [0.2, 0.25) is 0 Å². The van der Waals surface area contributed by atoms with E-state index in [0.717, 1.165) is 11.1 Å². The Morgan fingerprint density at radius 2 is 1.94 bits per heavy atom. The van der Waals surface area contributed by atoms with Crippen LogP contribution in [0.4, 0.5) is 15.9 Å². The third-order valence-electron chi connectivity index (χ3n) is 5.03. The lowest BCUT2D eigenvalue weighted by atomic mass is 10.0. The van der Waals surface area contributed by atoms with Crippen molar-refractivity contribution in [1.82, 2.24) is 4.98 Å². The van der Waals surface area contributed by atoms with Crippen LogP contribution in [0.25, 0.3) is 11.0 Å². The summed E-state index contributed by atoms with van der Waals surface area (Å²) in [6.07, 6.45) is 1.49. The van der Waals surface area contributed by atoms with Crippen LogP contribution in [0.5, 0.6) is 0 Å². The Labute approximate surface area is 177 Å². The van der Waals surface area contributed by atoms with Gasteiger partial charge in [-0.2, -0.15) is 0 Å². The minimum atomic E-state index is -0.655. The smallest absolute Gasteiger partial charge is 0.342 e. The van der Waals surface area contributed by atoms with E-state index >= 15 is 0 Å². The van der Waals surface area contributed by atoms with Crippen LogP contribution in [0.1, 0.15) is 27.0 Å². The predicted molar refractivity (Wildman–Crippen MR) is 115 cm³/mol. The third kappa shape index (κ3) is 4.16. The number of carbonyl (C=O) groups excluding carboxylic acids is 1. The molecule has 31 heavy (non-hydrogen) atoms. The van der Waals surface area contributed by atoms with Crippen molar-refractivity contribution in [2.45, 2.75) is 20.5 Å². The van der Waals surface area contributed by atoms with E-state index in [1.807, 2.05) is 26.0 Å².